The van der Waals surface area contributed by atoms with Gasteiger partial charge in [0.25, 0.3) is 5.91 Å². The van der Waals surface area contributed by atoms with E-state index >= 15 is 0 Å². The average Bonchev–Trinajstić information content (AvgIpc) is 2.77. The van der Waals surface area contributed by atoms with Gasteiger partial charge in [-0.2, -0.15) is 0 Å². The number of hydrogen-bond acceptors (Lipinski definition) is 3. The number of amides is 1. The summed E-state index contributed by atoms with van der Waals surface area (Å²) in [4.78, 5) is 25.7. The van der Waals surface area contributed by atoms with Crippen LogP contribution in [0.1, 0.15) is 50.5 Å². The minimum Gasteiger partial charge on any atom is -0.375 e. The Bertz CT molecular complexity index is 705. The van der Waals surface area contributed by atoms with Crippen molar-refractivity contribution in [2.45, 2.75) is 50.5 Å². The molecule has 4 saturated carbocycles. The SMILES string of the molecule is O=C(CC1(O)C(=O)Nc2ccccc21)C12CC3CC(CC(C3)C1)C2. The van der Waals surface area contributed by atoms with Gasteiger partial charge >= 0.3 is 0 Å². The molecule has 4 fully saturated rings. The second kappa shape index (κ2) is 4.69. The Morgan fingerprint density at radius 1 is 1.08 bits per heavy atom. The monoisotopic (exact) mass is 325 g/mol. The summed E-state index contributed by atoms with van der Waals surface area (Å²) < 4.78 is 0. The van der Waals surface area contributed by atoms with Gasteiger partial charge in [0.2, 0.25) is 0 Å². The molecule has 1 unspecified atom stereocenters. The summed E-state index contributed by atoms with van der Waals surface area (Å²) in [6, 6.07) is 7.16. The molecule has 5 aliphatic rings. The van der Waals surface area contributed by atoms with Crippen LogP contribution < -0.4 is 5.32 Å². The fourth-order valence-corrected chi connectivity index (χ4v) is 6.35. The molecule has 24 heavy (non-hydrogen) atoms. The van der Waals surface area contributed by atoms with Crippen molar-refractivity contribution in [1.82, 2.24) is 0 Å². The second-order valence-corrected chi connectivity index (χ2v) is 8.66. The fraction of sp³-hybridized carbons (Fsp3) is 0.600. The van der Waals surface area contributed by atoms with E-state index in [1.807, 2.05) is 6.07 Å². The van der Waals surface area contributed by atoms with Crippen LogP contribution in [0.15, 0.2) is 24.3 Å². The first-order chi connectivity index (χ1) is 11.5. The van der Waals surface area contributed by atoms with Gasteiger partial charge in [0.05, 0.1) is 0 Å². The molecule has 1 aliphatic heterocycles. The van der Waals surface area contributed by atoms with E-state index in [2.05, 4.69) is 5.32 Å². The maximum atomic E-state index is 13.3. The van der Waals surface area contributed by atoms with E-state index in [1.54, 1.807) is 18.2 Å². The summed E-state index contributed by atoms with van der Waals surface area (Å²) in [5, 5.41) is 13.8. The molecule has 1 aromatic rings. The number of Topliss-reactive ketones (excluding diaryl/α,β-unsaturated/α-hetero) is 1. The number of carbonyl (C=O) groups excluding carboxylic acids is 2. The lowest BCUT2D eigenvalue weighted by Crippen LogP contribution is -2.52. The number of anilines is 1. The van der Waals surface area contributed by atoms with Crippen LogP contribution >= 0.6 is 0 Å². The molecule has 0 saturated heterocycles. The highest BCUT2D eigenvalue weighted by molar-refractivity contribution is 6.07. The third kappa shape index (κ3) is 1.89. The van der Waals surface area contributed by atoms with Gasteiger partial charge in [0.15, 0.2) is 5.60 Å². The highest BCUT2D eigenvalue weighted by Crippen LogP contribution is 2.61. The highest BCUT2D eigenvalue weighted by atomic mass is 16.3. The Hall–Kier alpha value is -1.68. The lowest BCUT2D eigenvalue weighted by molar-refractivity contribution is -0.153. The normalized spacial score (nSPS) is 42.0. The molecule has 6 rings (SSSR count). The molecule has 4 bridgehead atoms. The standard InChI is InChI=1S/C20H23NO3/c22-17(19-8-12-5-13(9-19)7-14(6-12)10-19)11-20(24)15-3-1-2-4-16(15)21-18(20)23/h1-4,12-14,24H,5-11H2,(H,21,23). The van der Waals surface area contributed by atoms with Crippen molar-refractivity contribution in [2.75, 3.05) is 5.32 Å². The van der Waals surface area contributed by atoms with E-state index in [4.69, 9.17) is 0 Å². The number of para-hydroxylation sites is 1. The largest absolute Gasteiger partial charge is 0.375 e. The topological polar surface area (TPSA) is 66.4 Å². The molecule has 1 heterocycles. The number of hydrogen-bond donors (Lipinski definition) is 2. The van der Waals surface area contributed by atoms with Crippen LogP contribution in [0, 0.1) is 23.2 Å². The van der Waals surface area contributed by atoms with Crippen molar-refractivity contribution in [3.8, 4) is 0 Å². The van der Waals surface area contributed by atoms with Gasteiger partial charge in [-0.05, 0) is 62.3 Å². The predicted molar refractivity (Wildman–Crippen MR) is 89.2 cm³/mol. The maximum absolute atomic E-state index is 13.3. The van der Waals surface area contributed by atoms with Crippen molar-refractivity contribution in [2.24, 2.45) is 23.2 Å². The predicted octanol–water partition coefficient (Wildman–Crippen LogP) is 3.00. The first-order valence-electron chi connectivity index (χ1n) is 9.15. The van der Waals surface area contributed by atoms with Crippen molar-refractivity contribution in [3.05, 3.63) is 29.8 Å². The van der Waals surface area contributed by atoms with Crippen LogP contribution in [0.3, 0.4) is 0 Å². The van der Waals surface area contributed by atoms with Crippen LogP contribution in [0.2, 0.25) is 0 Å². The minimum atomic E-state index is -1.70. The van der Waals surface area contributed by atoms with Gasteiger partial charge in [-0.1, -0.05) is 18.2 Å². The molecule has 2 N–H and O–H groups in total. The van der Waals surface area contributed by atoms with Gasteiger partial charge < -0.3 is 10.4 Å². The van der Waals surface area contributed by atoms with Crippen molar-refractivity contribution >= 4 is 17.4 Å². The van der Waals surface area contributed by atoms with Crippen LogP contribution in [-0.4, -0.2) is 16.8 Å². The van der Waals surface area contributed by atoms with E-state index in [1.165, 1.54) is 19.3 Å². The summed E-state index contributed by atoms with van der Waals surface area (Å²) in [5.41, 5.74) is -0.796. The van der Waals surface area contributed by atoms with Crippen LogP contribution in [0.5, 0.6) is 0 Å². The molecule has 1 amide bonds. The highest BCUT2D eigenvalue weighted by Gasteiger charge is 2.57. The first-order valence-corrected chi connectivity index (χ1v) is 9.15. The van der Waals surface area contributed by atoms with Crippen molar-refractivity contribution in [3.63, 3.8) is 0 Å². The zero-order valence-electron chi connectivity index (χ0n) is 13.8. The molecule has 4 aliphatic carbocycles. The first kappa shape index (κ1) is 14.6. The van der Waals surface area contributed by atoms with E-state index in [0.717, 1.165) is 19.3 Å². The van der Waals surface area contributed by atoms with Crippen molar-refractivity contribution < 1.29 is 14.7 Å². The Balaban J connectivity index is 1.46. The second-order valence-electron chi connectivity index (χ2n) is 8.66. The lowest BCUT2D eigenvalue weighted by Gasteiger charge is -2.56. The number of aliphatic hydroxyl groups is 1. The van der Waals surface area contributed by atoms with Crippen LogP contribution in [-0.2, 0) is 15.2 Å². The molecule has 126 valence electrons. The van der Waals surface area contributed by atoms with Gasteiger partial charge in [0.1, 0.15) is 5.78 Å². The third-order valence-corrected chi connectivity index (χ3v) is 7.04. The Morgan fingerprint density at radius 3 is 2.29 bits per heavy atom. The maximum Gasteiger partial charge on any atom is 0.261 e. The molecular weight excluding hydrogens is 302 g/mol. The van der Waals surface area contributed by atoms with E-state index in [-0.39, 0.29) is 17.6 Å². The smallest absolute Gasteiger partial charge is 0.261 e. The Labute approximate surface area is 141 Å². The number of carbonyl (C=O) groups is 2. The van der Waals surface area contributed by atoms with Crippen LogP contribution in [0.4, 0.5) is 5.69 Å². The molecule has 4 heteroatoms. The molecule has 0 spiro atoms. The lowest BCUT2D eigenvalue weighted by atomic mass is 9.48. The average molecular weight is 325 g/mol. The van der Waals surface area contributed by atoms with E-state index in [9.17, 15) is 14.7 Å². The molecule has 0 radical (unpaired) electrons. The fourth-order valence-electron chi connectivity index (χ4n) is 6.35. The zero-order chi connectivity index (χ0) is 16.5. The zero-order valence-corrected chi connectivity index (χ0v) is 13.8. The minimum absolute atomic E-state index is 0.0813. The van der Waals surface area contributed by atoms with Gasteiger partial charge in [-0.3, -0.25) is 9.59 Å². The Kier molecular flexibility index (Phi) is 2.86. The van der Waals surface area contributed by atoms with Gasteiger partial charge in [0, 0.05) is 23.1 Å². The summed E-state index contributed by atoms with van der Waals surface area (Å²) in [7, 11) is 0. The van der Waals surface area contributed by atoms with Crippen LogP contribution in [0.25, 0.3) is 0 Å². The summed E-state index contributed by atoms with van der Waals surface area (Å²) in [6.07, 6.45) is 6.66. The molecule has 4 nitrogen and oxygen atoms in total. The van der Waals surface area contributed by atoms with E-state index in [0.29, 0.717) is 29.0 Å². The summed E-state index contributed by atoms with van der Waals surface area (Å²) in [6.45, 7) is 0. The number of fused-ring (bicyclic) bond motifs is 1. The molecular formula is C20H23NO3. The Morgan fingerprint density at radius 2 is 1.67 bits per heavy atom. The van der Waals surface area contributed by atoms with E-state index < -0.39 is 11.5 Å². The molecule has 1 aromatic carbocycles. The summed E-state index contributed by atoms with van der Waals surface area (Å²) >= 11 is 0. The molecule has 0 aromatic heterocycles. The number of benzene rings is 1. The van der Waals surface area contributed by atoms with Crippen molar-refractivity contribution in [1.29, 1.82) is 0 Å². The third-order valence-electron chi connectivity index (χ3n) is 7.04. The number of ketones is 1. The summed E-state index contributed by atoms with van der Waals surface area (Å²) in [5.74, 6) is 1.69. The molecule has 1 atom stereocenters. The number of rotatable bonds is 3. The van der Waals surface area contributed by atoms with Gasteiger partial charge in [-0.15, -0.1) is 0 Å². The number of nitrogens with one attached hydrogen (secondary N) is 1. The quantitative estimate of drug-likeness (QED) is 0.898. The van der Waals surface area contributed by atoms with Gasteiger partial charge in [-0.25, -0.2) is 0 Å².